The molecule has 0 aliphatic carbocycles. The minimum atomic E-state index is 0.0612. The molecular formula is C25H35ClN6O. The summed E-state index contributed by atoms with van der Waals surface area (Å²) in [5.74, 6) is 1.67. The van der Waals surface area contributed by atoms with Crippen molar-refractivity contribution in [3.8, 4) is 0 Å². The van der Waals surface area contributed by atoms with Crippen LogP contribution in [0.1, 0.15) is 44.0 Å². The van der Waals surface area contributed by atoms with Gasteiger partial charge in [0.1, 0.15) is 11.0 Å². The first-order valence-electron chi connectivity index (χ1n) is 12.1. The van der Waals surface area contributed by atoms with E-state index < -0.39 is 0 Å². The predicted octanol–water partition coefficient (Wildman–Crippen LogP) is 3.27. The van der Waals surface area contributed by atoms with Crippen LogP contribution in [0, 0.1) is 0 Å². The summed E-state index contributed by atoms with van der Waals surface area (Å²) in [5, 5.41) is 3.70. The Bertz CT molecular complexity index is 937. The van der Waals surface area contributed by atoms with Crippen LogP contribution in [-0.4, -0.2) is 78.0 Å². The summed E-state index contributed by atoms with van der Waals surface area (Å²) in [6, 6.07) is 0. The van der Waals surface area contributed by atoms with Crippen molar-refractivity contribution >= 4 is 28.9 Å². The van der Waals surface area contributed by atoms with Gasteiger partial charge < -0.3 is 20.0 Å². The number of aromatic nitrogens is 2. The number of halogens is 1. The van der Waals surface area contributed by atoms with Crippen molar-refractivity contribution < 1.29 is 4.79 Å². The van der Waals surface area contributed by atoms with Gasteiger partial charge in [0.2, 0.25) is 5.91 Å². The lowest BCUT2D eigenvalue weighted by Crippen LogP contribution is -2.33. The molecular weight excluding hydrogens is 436 g/mol. The summed E-state index contributed by atoms with van der Waals surface area (Å²) >= 11 is 6.57. The Morgan fingerprint density at radius 2 is 1.94 bits per heavy atom. The number of allylic oxidation sites excluding steroid dienone is 4. The molecule has 1 amide bonds. The number of rotatable bonds is 8. The molecule has 1 aromatic rings. The molecule has 0 radical (unpaired) electrons. The first-order chi connectivity index (χ1) is 16.1. The Balaban J connectivity index is 1.48. The molecule has 7 nitrogen and oxygen atoms in total. The number of hydrogen-bond donors (Lipinski definition) is 1. The highest BCUT2D eigenvalue weighted by molar-refractivity contribution is 6.30. The Morgan fingerprint density at radius 3 is 2.73 bits per heavy atom. The minimum absolute atomic E-state index is 0.0612. The Kier molecular flexibility index (Phi) is 8.17. The maximum Gasteiger partial charge on any atom is 0.240 e. The maximum absolute atomic E-state index is 12.4. The molecule has 33 heavy (non-hydrogen) atoms. The van der Waals surface area contributed by atoms with E-state index in [1.807, 2.05) is 19.1 Å². The lowest BCUT2D eigenvalue weighted by atomic mass is 10.2. The summed E-state index contributed by atoms with van der Waals surface area (Å²) < 4.78 is 0. The van der Waals surface area contributed by atoms with Gasteiger partial charge >= 0.3 is 0 Å². The number of nitrogens with zero attached hydrogens (tertiary/aromatic N) is 5. The van der Waals surface area contributed by atoms with Crippen LogP contribution < -0.4 is 10.2 Å². The summed E-state index contributed by atoms with van der Waals surface area (Å²) in [5.41, 5.74) is 2.75. The molecule has 3 aliphatic heterocycles. The van der Waals surface area contributed by atoms with Gasteiger partial charge in [-0.15, -0.1) is 0 Å². The highest BCUT2D eigenvalue weighted by Gasteiger charge is 2.25. The molecule has 2 saturated heterocycles. The first kappa shape index (κ1) is 23.9. The second-order valence-electron chi connectivity index (χ2n) is 9.00. The molecule has 1 aromatic heterocycles. The summed E-state index contributed by atoms with van der Waals surface area (Å²) in [6.45, 7) is 13.3. The average molecular weight is 471 g/mol. The zero-order valence-electron chi connectivity index (χ0n) is 19.7. The second kappa shape index (κ2) is 11.3. The van der Waals surface area contributed by atoms with Crippen LogP contribution in [0.3, 0.4) is 0 Å². The van der Waals surface area contributed by atoms with Gasteiger partial charge in [0.15, 0.2) is 5.82 Å². The fraction of sp³-hybridized carbons (Fsp3) is 0.560. The van der Waals surface area contributed by atoms with E-state index in [0.29, 0.717) is 24.1 Å². The molecule has 0 aromatic carbocycles. The molecule has 2 fully saturated rings. The van der Waals surface area contributed by atoms with Gasteiger partial charge in [0.25, 0.3) is 0 Å². The van der Waals surface area contributed by atoms with Crippen molar-refractivity contribution in [2.75, 3.05) is 57.3 Å². The highest BCUT2D eigenvalue weighted by atomic mass is 35.5. The molecule has 178 valence electrons. The number of likely N-dealkylation sites (tertiary alicyclic amines) is 1. The Labute approximate surface area is 202 Å². The molecule has 0 saturated carbocycles. The molecule has 3 aliphatic rings. The van der Waals surface area contributed by atoms with E-state index in [9.17, 15) is 4.79 Å². The molecule has 4 heterocycles. The SMILES string of the molecule is C=C/C(=C\C=C(/C)c1nc(Cl)c2c(n1)N(CCCN1CCCC1)CC2)N1CCCNCC1=O. The van der Waals surface area contributed by atoms with E-state index in [1.165, 1.54) is 25.9 Å². The van der Waals surface area contributed by atoms with E-state index in [0.717, 1.165) is 68.1 Å². The van der Waals surface area contributed by atoms with Crippen LogP contribution in [-0.2, 0) is 11.2 Å². The van der Waals surface area contributed by atoms with E-state index in [1.54, 1.807) is 11.0 Å². The van der Waals surface area contributed by atoms with Crippen LogP contribution in [0.5, 0.6) is 0 Å². The average Bonchev–Trinajstić information content (AvgIpc) is 3.43. The zero-order chi connectivity index (χ0) is 23.2. The zero-order valence-corrected chi connectivity index (χ0v) is 20.4. The van der Waals surface area contributed by atoms with Gasteiger partial charge in [-0.3, -0.25) is 4.79 Å². The third-order valence-corrected chi connectivity index (χ3v) is 6.97. The van der Waals surface area contributed by atoms with Crippen molar-refractivity contribution in [3.05, 3.63) is 47.0 Å². The van der Waals surface area contributed by atoms with E-state index in [2.05, 4.69) is 26.7 Å². The quantitative estimate of drug-likeness (QED) is 0.464. The van der Waals surface area contributed by atoms with Crippen molar-refractivity contribution in [2.45, 2.75) is 39.0 Å². The predicted molar refractivity (Wildman–Crippen MR) is 134 cm³/mol. The van der Waals surface area contributed by atoms with Crippen molar-refractivity contribution in [1.82, 2.24) is 25.1 Å². The van der Waals surface area contributed by atoms with E-state index >= 15 is 0 Å². The number of hydrogen-bond acceptors (Lipinski definition) is 6. The third-order valence-electron chi connectivity index (χ3n) is 6.66. The number of anilines is 1. The summed E-state index contributed by atoms with van der Waals surface area (Å²) in [7, 11) is 0. The minimum Gasteiger partial charge on any atom is -0.356 e. The fourth-order valence-electron chi connectivity index (χ4n) is 4.76. The van der Waals surface area contributed by atoms with Gasteiger partial charge in [-0.05, 0) is 82.9 Å². The lowest BCUT2D eigenvalue weighted by molar-refractivity contribution is -0.127. The molecule has 1 N–H and O–H groups in total. The van der Waals surface area contributed by atoms with Crippen LogP contribution in [0.2, 0.25) is 5.15 Å². The van der Waals surface area contributed by atoms with Crippen LogP contribution >= 0.6 is 11.6 Å². The molecule has 8 heteroatoms. The number of fused-ring (bicyclic) bond motifs is 1. The van der Waals surface area contributed by atoms with Gasteiger partial charge in [0, 0.05) is 30.9 Å². The van der Waals surface area contributed by atoms with Crippen molar-refractivity contribution in [1.29, 1.82) is 0 Å². The third kappa shape index (κ3) is 5.83. The van der Waals surface area contributed by atoms with E-state index in [4.69, 9.17) is 16.6 Å². The molecule has 0 atom stereocenters. The standard InChI is InChI=1S/C25H35ClN6O/c1-3-20(32-16-6-11-27-18-22(32)33)9-8-19(2)24-28-23(26)21-10-17-31(25(21)29-24)15-7-14-30-12-4-5-13-30/h3,8-9,27H,1,4-7,10-18H2,2H3/b19-8+,20-9+. The number of carbonyl (C=O) groups is 1. The maximum atomic E-state index is 12.4. The number of nitrogens with one attached hydrogen (secondary N) is 1. The fourth-order valence-corrected chi connectivity index (χ4v) is 5.02. The van der Waals surface area contributed by atoms with Gasteiger partial charge in [0.05, 0.1) is 6.54 Å². The lowest BCUT2D eigenvalue weighted by Gasteiger charge is -2.21. The monoisotopic (exact) mass is 470 g/mol. The van der Waals surface area contributed by atoms with Gasteiger partial charge in [-0.1, -0.05) is 24.3 Å². The van der Waals surface area contributed by atoms with Crippen LogP contribution in [0.4, 0.5) is 5.82 Å². The highest BCUT2D eigenvalue weighted by Crippen LogP contribution is 2.32. The Hall–Kier alpha value is -2.22. The number of carbonyl (C=O) groups excluding carboxylic acids is 1. The first-order valence-corrected chi connectivity index (χ1v) is 12.5. The van der Waals surface area contributed by atoms with Gasteiger partial charge in [-0.2, -0.15) is 0 Å². The topological polar surface area (TPSA) is 64.6 Å². The molecule has 0 unspecified atom stereocenters. The second-order valence-corrected chi connectivity index (χ2v) is 9.36. The van der Waals surface area contributed by atoms with Crippen molar-refractivity contribution in [2.24, 2.45) is 0 Å². The molecule has 0 bridgehead atoms. The van der Waals surface area contributed by atoms with Crippen LogP contribution in [0.25, 0.3) is 5.57 Å². The van der Waals surface area contributed by atoms with E-state index in [-0.39, 0.29) is 5.91 Å². The van der Waals surface area contributed by atoms with Gasteiger partial charge in [-0.25, -0.2) is 9.97 Å². The smallest absolute Gasteiger partial charge is 0.240 e. The summed E-state index contributed by atoms with van der Waals surface area (Å²) in [4.78, 5) is 28.6. The normalized spacial score (nSPS) is 20.4. The largest absolute Gasteiger partial charge is 0.356 e. The summed E-state index contributed by atoms with van der Waals surface area (Å²) in [6.07, 6.45) is 11.2. The molecule has 4 rings (SSSR count). The van der Waals surface area contributed by atoms with Crippen molar-refractivity contribution in [3.63, 3.8) is 0 Å². The Morgan fingerprint density at radius 1 is 1.12 bits per heavy atom. The number of amides is 1. The molecule has 0 spiro atoms. The van der Waals surface area contributed by atoms with Crippen LogP contribution in [0.15, 0.2) is 30.5 Å².